The number of hydrogen-bond donors (Lipinski definition) is 1. The number of amides is 1. The molecule has 3 heterocycles. The van der Waals surface area contributed by atoms with Crippen LogP contribution in [0.5, 0.6) is 11.6 Å². The van der Waals surface area contributed by atoms with Gasteiger partial charge in [-0.05, 0) is 13.8 Å². The third-order valence-corrected chi connectivity index (χ3v) is 5.62. The Morgan fingerprint density at radius 1 is 1.21 bits per heavy atom. The van der Waals surface area contributed by atoms with E-state index in [1.165, 1.54) is 26.2 Å². The van der Waals surface area contributed by atoms with E-state index < -0.39 is 23.8 Å². The van der Waals surface area contributed by atoms with E-state index in [0.717, 1.165) is 6.07 Å². The number of methoxy groups -OCH3 is 1. The Labute approximate surface area is 194 Å². The van der Waals surface area contributed by atoms with Crippen molar-refractivity contribution in [2.45, 2.75) is 39.3 Å². The van der Waals surface area contributed by atoms with E-state index in [0.29, 0.717) is 41.5 Å². The topological polar surface area (TPSA) is 89.5 Å². The van der Waals surface area contributed by atoms with Crippen molar-refractivity contribution in [1.29, 1.82) is 0 Å². The smallest absolute Gasteiger partial charge is 0.266 e. The number of alkyl halides is 2. The van der Waals surface area contributed by atoms with Gasteiger partial charge in [0.1, 0.15) is 23.6 Å². The largest absolute Gasteiger partial charge is 0.481 e. The molecule has 0 bridgehead atoms. The number of halogens is 3. The minimum Gasteiger partial charge on any atom is -0.481 e. The lowest BCUT2D eigenvalue weighted by molar-refractivity contribution is -0.137. The van der Waals surface area contributed by atoms with Gasteiger partial charge in [-0.25, -0.2) is 23.1 Å². The second-order valence-corrected chi connectivity index (χ2v) is 8.07. The maximum atomic E-state index is 14.7. The van der Waals surface area contributed by atoms with Crippen molar-refractivity contribution in [3.05, 3.63) is 47.0 Å². The van der Waals surface area contributed by atoms with Gasteiger partial charge in [0, 0.05) is 18.6 Å². The molecule has 1 amide bonds. The molecule has 11 heteroatoms. The molecular weight excluding hydrogens is 451 g/mol. The summed E-state index contributed by atoms with van der Waals surface area (Å²) >= 11 is 0. The molecule has 1 fully saturated rings. The van der Waals surface area contributed by atoms with Crippen molar-refractivity contribution >= 4 is 22.8 Å². The number of ether oxygens (including phenoxy) is 2. The fourth-order valence-corrected chi connectivity index (χ4v) is 3.77. The number of carbonyl (C=O) groups excluding carboxylic acids is 1. The monoisotopic (exact) mass is 475 g/mol. The number of rotatable bonds is 7. The average molecular weight is 475 g/mol. The number of carbonyl (C=O) groups is 1. The lowest BCUT2D eigenvalue weighted by Crippen LogP contribution is -2.55. The molecule has 0 spiro atoms. The van der Waals surface area contributed by atoms with E-state index >= 15 is 0 Å². The number of likely N-dealkylation sites (tertiary alicyclic amines) is 1. The first-order chi connectivity index (χ1) is 16.2. The van der Waals surface area contributed by atoms with Crippen LogP contribution in [-0.4, -0.2) is 52.1 Å². The molecule has 1 saturated heterocycles. The number of anilines is 1. The van der Waals surface area contributed by atoms with Crippen LogP contribution in [0, 0.1) is 12.7 Å². The summed E-state index contributed by atoms with van der Waals surface area (Å²) < 4.78 is 52.3. The predicted octanol–water partition coefficient (Wildman–Crippen LogP) is 4.20. The van der Waals surface area contributed by atoms with Gasteiger partial charge in [0.05, 0.1) is 37.2 Å². The average Bonchev–Trinajstić information content (AvgIpc) is 2.75. The molecule has 0 unspecified atom stereocenters. The Bertz CT molecular complexity index is 1230. The third kappa shape index (κ3) is 4.55. The molecule has 4 rings (SSSR count). The normalized spacial score (nSPS) is 14.8. The fourth-order valence-electron chi connectivity index (χ4n) is 3.77. The van der Waals surface area contributed by atoms with Crippen LogP contribution in [-0.2, 0) is 4.79 Å². The summed E-state index contributed by atoms with van der Waals surface area (Å²) in [5, 5.41) is 3.58. The van der Waals surface area contributed by atoms with Crippen LogP contribution in [0.25, 0.3) is 11.0 Å². The zero-order valence-corrected chi connectivity index (χ0v) is 19.1. The van der Waals surface area contributed by atoms with Gasteiger partial charge in [0.15, 0.2) is 11.4 Å². The van der Waals surface area contributed by atoms with Crippen molar-refractivity contribution in [2.24, 2.45) is 0 Å². The van der Waals surface area contributed by atoms with Crippen LogP contribution in [0.2, 0.25) is 0 Å². The standard InChI is InChI=1S/C23H24F3N5O3/c1-11(15-6-5-7-16(19(15)24)20(25)26)27-21-17-8-18(34-14-9-31(10-14)13(3)32)23(33-4)30-22(17)29-12(2)28-21/h5-8,11,14,20H,9-10H2,1-4H3,(H,27,28,29,30)/t11-/m1/s1. The maximum Gasteiger partial charge on any atom is 0.266 e. The molecular formula is C23H24F3N5O3. The molecule has 34 heavy (non-hydrogen) atoms. The summed E-state index contributed by atoms with van der Waals surface area (Å²) in [4.78, 5) is 26.3. The molecule has 0 saturated carbocycles. The number of aromatic nitrogens is 3. The molecule has 1 aliphatic heterocycles. The van der Waals surface area contributed by atoms with E-state index in [1.54, 1.807) is 24.8 Å². The molecule has 2 aromatic heterocycles. The first kappa shape index (κ1) is 23.5. The fraction of sp³-hybridized carbons (Fsp3) is 0.391. The second kappa shape index (κ2) is 9.32. The van der Waals surface area contributed by atoms with Gasteiger partial charge < -0.3 is 19.7 Å². The van der Waals surface area contributed by atoms with E-state index in [2.05, 4.69) is 20.3 Å². The maximum absolute atomic E-state index is 14.7. The Balaban J connectivity index is 1.67. The molecule has 1 N–H and O–H groups in total. The summed E-state index contributed by atoms with van der Waals surface area (Å²) in [5.74, 6) is 0.324. The number of fused-ring (bicyclic) bond motifs is 1. The molecule has 8 nitrogen and oxygen atoms in total. The number of nitrogens with zero attached hydrogens (tertiary/aromatic N) is 4. The first-order valence-corrected chi connectivity index (χ1v) is 10.7. The molecule has 0 aliphatic carbocycles. The van der Waals surface area contributed by atoms with Crippen molar-refractivity contribution in [3.63, 3.8) is 0 Å². The summed E-state index contributed by atoms with van der Waals surface area (Å²) in [7, 11) is 1.46. The van der Waals surface area contributed by atoms with E-state index in [9.17, 15) is 18.0 Å². The van der Waals surface area contributed by atoms with Crippen molar-refractivity contribution in [1.82, 2.24) is 19.9 Å². The highest BCUT2D eigenvalue weighted by Gasteiger charge is 2.31. The van der Waals surface area contributed by atoms with E-state index in [-0.39, 0.29) is 23.5 Å². The SMILES string of the molecule is COc1nc2nc(C)nc(N[C@H](C)c3cccc(C(F)F)c3F)c2cc1OC1CN(C(C)=O)C1. The number of nitrogens with one attached hydrogen (secondary N) is 1. The molecule has 1 aliphatic rings. The Morgan fingerprint density at radius 3 is 2.56 bits per heavy atom. The number of benzene rings is 1. The van der Waals surface area contributed by atoms with E-state index in [4.69, 9.17) is 9.47 Å². The first-order valence-electron chi connectivity index (χ1n) is 10.7. The van der Waals surface area contributed by atoms with Crippen LogP contribution in [0.1, 0.15) is 43.3 Å². The van der Waals surface area contributed by atoms with Gasteiger partial charge in [0.25, 0.3) is 12.3 Å². The Kier molecular flexibility index (Phi) is 6.45. The number of pyridine rings is 1. The van der Waals surface area contributed by atoms with Gasteiger partial charge >= 0.3 is 0 Å². The van der Waals surface area contributed by atoms with Crippen molar-refractivity contribution in [2.75, 3.05) is 25.5 Å². The zero-order chi connectivity index (χ0) is 24.6. The van der Waals surface area contributed by atoms with Crippen LogP contribution in [0.15, 0.2) is 24.3 Å². The highest BCUT2D eigenvalue weighted by Crippen LogP contribution is 2.35. The molecule has 3 aromatic rings. The minimum absolute atomic E-state index is 0.0315. The molecule has 0 radical (unpaired) electrons. The molecule has 1 aromatic carbocycles. The predicted molar refractivity (Wildman–Crippen MR) is 119 cm³/mol. The zero-order valence-electron chi connectivity index (χ0n) is 19.1. The number of aryl methyl sites for hydroxylation is 1. The number of hydrogen-bond acceptors (Lipinski definition) is 7. The highest BCUT2D eigenvalue weighted by atomic mass is 19.3. The van der Waals surface area contributed by atoms with Gasteiger partial charge in [-0.3, -0.25) is 4.79 Å². The van der Waals surface area contributed by atoms with Crippen LogP contribution in [0.3, 0.4) is 0 Å². The lowest BCUT2D eigenvalue weighted by atomic mass is 10.0. The van der Waals surface area contributed by atoms with Crippen LogP contribution in [0.4, 0.5) is 19.0 Å². The lowest BCUT2D eigenvalue weighted by Gasteiger charge is -2.38. The van der Waals surface area contributed by atoms with Crippen LogP contribution >= 0.6 is 0 Å². The third-order valence-electron chi connectivity index (χ3n) is 5.62. The van der Waals surface area contributed by atoms with Crippen molar-refractivity contribution < 1.29 is 27.4 Å². The summed E-state index contributed by atoms with van der Waals surface area (Å²) in [6, 6.07) is 4.88. The van der Waals surface area contributed by atoms with E-state index in [1.807, 2.05) is 0 Å². The summed E-state index contributed by atoms with van der Waals surface area (Å²) in [5.41, 5.74) is -0.247. The Hall–Kier alpha value is -3.63. The minimum atomic E-state index is -2.92. The van der Waals surface area contributed by atoms with Crippen molar-refractivity contribution in [3.8, 4) is 11.6 Å². The summed E-state index contributed by atoms with van der Waals surface area (Å²) in [6.45, 7) is 5.71. The van der Waals surface area contributed by atoms with Gasteiger partial charge in [-0.1, -0.05) is 18.2 Å². The van der Waals surface area contributed by atoms with Crippen LogP contribution < -0.4 is 14.8 Å². The van der Waals surface area contributed by atoms with Gasteiger partial charge in [-0.2, -0.15) is 4.98 Å². The Morgan fingerprint density at radius 2 is 1.91 bits per heavy atom. The van der Waals surface area contributed by atoms with Gasteiger partial charge in [-0.15, -0.1) is 0 Å². The quantitative estimate of drug-likeness (QED) is 0.548. The molecule has 1 atom stereocenters. The summed E-state index contributed by atoms with van der Waals surface area (Å²) in [6.07, 6.45) is -3.14. The van der Waals surface area contributed by atoms with Gasteiger partial charge in [0.2, 0.25) is 5.91 Å². The second-order valence-electron chi connectivity index (χ2n) is 8.07. The highest BCUT2D eigenvalue weighted by molar-refractivity contribution is 5.88. The molecule has 180 valence electrons.